The second-order valence-electron chi connectivity index (χ2n) is 4.84. The number of rotatable bonds is 2. The lowest BCUT2D eigenvalue weighted by Crippen LogP contribution is -2.51. The lowest BCUT2D eigenvalue weighted by molar-refractivity contribution is -0.130. The van der Waals surface area contributed by atoms with Crippen molar-refractivity contribution in [3.05, 3.63) is 18.2 Å². The molecule has 0 radical (unpaired) electrons. The van der Waals surface area contributed by atoms with Gasteiger partial charge in [0.05, 0.1) is 24.4 Å². The topological polar surface area (TPSA) is 46.1 Å². The fourth-order valence-electron chi connectivity index (χ4n) is 2.06. The van der Waals surface area contributed by atoms with Crippen molar-refractivity contribution < 1.29 is 13.6 Å². The third-order valence-electron chi connectivity index (χ3n) is 3.67. The molecule has 1 aliphatic rings. The zero-order chi connectivity index (χ0) is 13.3. The van der Waals surface area contributed by atoms with Gasteiger partial charge < -0.3 is 4.90 Å². The lowest BCUT2D eigenvalue weighted by Gasteiger charge is -2.40. The molecule has 2 heterocycles. The maximum atomic E-state index is 14.1. The van der Waals surface area contributed by atoms with E-state index in [-0.39, 0.29) is 12.3 Å². The molecule has 0 unspecified atom stereocenters. The summed E-state index contributed by atoms with van der Waals surface area (Å²) in [6.07, 6.45) is 1.24. The normalized spacial score (nSPS) is 28.2. The predicted molar refractivity (Wildman–Crippen MR) is 62.5 cm³/mol. The van der Waals surface area contributed by atoms with Gasteiger partial charge in [0.2, 0.25) is 5.95 Å². The molecule has 1 aliphatic heterocycles. The van der Waals surface area contributed by atoms with Crippen LogP contribution in [0.4, 0.5) is 14.7 Å². The smallest absolute Gasteiger partial charge is 0.225 e. The molecule has 0 spiro atoms. The summed E-state index contributed by atoms with van der Waals surface area (Å²) < 4.78 is 26.8. The molecule has 2 atom stereocenters. The van der Waals surface area contributed by atoms with Crippen LogP contribution in [0.5, 0.6) is 0 Å². The van der Waals surface area contributed by atoms with Gasteiger partial charge in [0, 0.05) is 6.54 Å². The van der Waals surface area contributed by atoms with Crippen LogP contribution in [0.1, 0.15) is 20.3 Å². The van der Waals surface area contributed by atoms with Gasteiger partial charge in [0.1, 0.15) is 12.0 Å². The predicted octanol–water partition coefficient (Wildman–Crippen LogP) is 1.76. The minimum atomic E-state index is -1.27. The highest BCUT2D eigenvalue weighted by atomic mass is 19.1. The summed E-state index contributed by atoms with van der Waals surface area (Å²) in [5.74, 6) is -0.375. The molecule has 1 aromatic heterocycles. The average molecular weight is 255 g/mol. The minimum Gasteiger partial charge on any atom is -0.338 e. The Morgan fingerprint density at radius 1 is 1.50 bits per heavy atom. The van der Waals surface area contributed by atoms with Crippen LogP contribution in [0.15, 0.2) is 12.4 Å². The summed E-state index contributed by atoms with van der Waals surface area (Å²) in [7, 11) is 0. The van der Waals surface area contributed by atoms with E-state index in [0.717, 1.165) is 12.4 Å². The van der Waals surface area contributed by atoms with Crippen molar-refractivity contribution >= 4 is 11.7 Å². The molecule has 98 valence electrons. The Bertz CT molecular complexity index is 451. The van der Waals surface area contributed by atoms with Crippen molar-refractivity contribution in [2.75, 3.05) is 18.0 Å². The van der Waals surface area contributed by atoms with Gasteiger partial charge in [-0.1, -0.05) is 0 Å². The van der Waals surface area contributed by atoms with Crippen molar-refractivity contribution in [3.63, 3.8) is 0 Å². The number of carbonyl (C=O) groups excluding carboxylic acids is 1. The molecule has 0 aromatic carbocycles. The fourth-order valence-corrected chi connectivity index (χ4v) is 2.06. The van der Waals surface area contributed by atoms with Crippen LogP contribution >= 0.6 is 0 Å². The van der Waals surface area contributed by atoms with Crippen LogP contribution in [0.2, 0.25) is 0 Å². The molecule has 0 bridgehead atoms. The zero-order valence-electron chi connectivity index (χ0n) is 10.4. The molecule has 1 aromatic rings. The summed E-state index contributed by atoms with van der Waals surface area (Å²) in [4.78, 5) is 20.7. The van der Waals surface area contributed by atoms with Crippen molar-refractivity contribution in [2.24, 2.45) is 5.41 Å². The van der Waals surface area contributed by atoms with Gasteiger partial charge in [-0.25, -0.2) is 18.7 Å². The van der Waals surface area contributed by atoms with Gasteiger partial charge in [-0.15, -0.1) is 0 Å². The number of piperidine rings is 1. The number of hydrogen-bond donors (Lipinski definition) is 0. The Morgan fingerprint density at radius 3 is 2.61 bits per heavy atom. The molecule has 1 saturated heterocycles. The first-order chi connectivity index (χ1) is 8.43. The first kappa shape index (κ1) is 12.9. The number of carbonyl (C=O) groups is 1. The SMILES string of the molecule is CC(=O)[C@@]1(C)CCN(c2ncc(F)cn2)C[C@H]1F. The number of alkyl halides is 1. The molecule has 2 rings (SSSR count). The highest BCUT2D eigenvalue weighted by Gasteiger charge is 2.43. The Kier molecular flexibility index (Phi) is 3.28. The van der Waals surface area contributed by atoms with Crippen LogP contribution < -0.4 is 4.90 Å². The molecule has 0 saturated carbocycles. The Labute approximate surface area is 104 Å². The van der Waals surface area contributed by atoms with E-state index in [2.05, 4.69) is 9.97 Å². The van der Waals surface area contributed by atoms with Crippen molar-refractivity contribution in [1.29, 1.82) is 0 Å². The zero-order valence-corrected chi connectivity index (χ0v) is 10.4. The third kappa shape index (κ3) is 2.19. The van der Waals surface area contributed by atoms with Crippen LogP contribution in [-0.2, 0) is 4.79 Å². The second kappa shape index (κ2) is 4.59. The number of hydrogen-bond acceptors (Lipinski definition) is 4. The number of aromatic nitrogens is 2. The van der Waals surface area contributed by atoms with Gasteiger partial charge in [0.15, 0.2) is 5.82 Å². The first-order valence-electron chi connectivity index (χ1n) is 5.81. The van der Waals surface area contributed by atoms with Gasteiger partial charge in [-0.2, -0.15) is 0 Å². The highest BCUT2D eigenvalue weighted by molar-refractivity contribution is 5.83. The maximum Gasteiger partial charge on any atom is 0.225 e. The van der Waals surface area contributed by atoms with E-state index in [1.165, 1.54) is 6.92 Å². The van der Waals surface area contributed by atoms with E-state index in [1.807, 2.05) is 0 Å². The molecule has 0 amide bonds. The molecule has 0 aliphatic carbocycles. The Hall–Kier alpha value is -1.59. The molecule has 6 heteroatoms. The maximum absolute atomic E-state index is 14.1. The van der Waals surface area contributed by atoms with Crippen LogP contribution in [0, 0.1) is 11.2 Å². The Morgan fingerprint density at radius 2 is 2.11 bits per heavy atom. The summed E-state index contributed by atoms with van der Waals surface area (Å²) in [6, 6.07) is 0. The molecule has 4 nitrogen and oxygen atoms in total. The lowest BCUT2D eigenvalue weighted by atomic mass is 9.76. The number of nitrogens with zero attached hydrogens (tertiary/aromatic N) is 3. The summed E-state index contributed by atoms with van der Waals surface area (Å²) in [5, 5.41) is 0. The van der Waals surface area contributed by atoms with Crippen LogP contribution in [-0.4, -0.2) is 35.0 Å². The monoisotopic (exact) mass is 255 g/mol. The molecule has 1 fully saturated rings. The van der Waals surface area contributed by atoms with Gasteiger partial charge >= 0.3 is 0 Å². The van der Waals surface area contributed by atoms with E-state index in [4.69, 9.17) is 0 Å². The first-order valence-corrected chi connectivity index (χ1v) is 5.81. The van der Waals surface area contributed by atoms with Crippen LogP contribution in [0.25, 0.3) is 0 Å². The number of anilines is 1. The molecule has 18 heavy (non-hydrogen) atoms. The van der Waals surface area contributed by atoms with E-state index in [1.54, 1.807) is 11.8 Å². The average Bonchev–Trinajstić information content (AvgIpc) is 2.33. The summed E-state index contributed by atoms with van der Waals surface area (Å²) in [6.45, 7) is 3.60. The minimum absolute atomic E-state index is 0.0573. The van der Waals surface area contributed by atoms with E-state index in [9.17, 15) is 13.6 Å². The second-order valence-corrected chi connectivity index (χ2v) is 4.84. The summed E-state index contributed by atoms with van der Waals surface area (Å²) in [5.41, 5.74) is -0.934. The van der Waals surface area contributed by atoms with Gasteiger partial charge in [0.25, 0.3) is 0 Å². The van der Waals surface area contributed by atoms with Crippen molar-refractivity contribution in [1.82, 2.24) is 9.97 Å². The third-order valence-corrected chi connectivity index (χ3v) is 3.67. The van der Waals surface area contributed by atoms with E-state index < -0.39 is 17.4 Å². The highest BCUT2D eigenvalue weighted by Crippen LogP contribution is 2.35. The quantitative estimate of drug-likeness (QED) is 0.807. The standard InChI is InChI=1S/C12H15F2N3O/c1-8(18)12(2)3-4-17(7-10(12)14)11-15-5-9(13)6-16-11/h5-6,10H,3-4,7H2,1-2H3/t10-,12-/m1/s1. The number of ketones is 1. The van der Waals surface area contributed by atoms with E-state index >= 15 is 0 Å². The number of Topliss-reactive ketones (excluding diaryl/α,β-unsaturated/α-hetero) is 1. The van der Waals surface area contributed by atoms with Gasteiger partial charge in [-0.05, 0) is 20.3 Å². The van der Waals surface area contributed by atoms with Crippen molar-refractivity contribution in [2.45, 2.75) is 26.4 Å². The fraction of sp³-hybridized carbons (Fsp3) is 0.583. The van der Waals surface area contributed by atoms with Crippen molar-refractivity contribution in [3.8, 4) is 0 Å². The number of halogens is 2. The Balaban J connectivity index is 2.13. The van der Waals surface area contributed by atoms with E-state index in [0.29, 0.717) is 18.9 Å². The van der Waals surface area contributed by atoms with Gasteiger partial charge in [-0.3, -0.25) is 4.79 Å². The van der Waals surface area contributed by atoms with Crippen LogP contribution in [0.3, 0.4) is 0 Å². The summed E-state index contributed by atoms with van der Waals surface area (Å²) >= 11 is 0. The largest absolute Gasteiger partial charge is 0.338 e. The molecule has 0 N–H and O–H groups in total. The molecular formula is C12H15F2N3O. The molecular weight excluding hydrogens is 240 g/mol.